The Morgan fingerprint density at radius 2 is 1.67 bits per heavy atom. The van der Waals surface area contributed by atoms with Gasteiger partial charge in [0.15, 0.2) is 0 Å². The standard InChI is InChI=1S/C13H18N2/c1-10-12(2,3)13(4,15-14-10)11-8-6-5-7-9-11/h5-9,15H,1-4H3. The zero-order chi connectivity index (χ0) is 11.1. The Morgan fingerprint density at radius 3 is 2.13 bits per heavy atom. The number of nitrogens with one attached hydrogen (secondary N) is 1. The molecule has 1 aromatic rings. The lowest BCUT2D eigenvalue weighted by molar-refractivity contribution is 0.243. The summed E-state index contributed by atoms with van der Waals surface area (Å²) in [6, 6.07) is 10.5. The van der Waals surface area contributed by atoms with Crippen molar-refractivity contribution < 1.29 is 0 Å². The number of hydrogen-bond acceptors (Lipinski definition) is 2. The Labute approximate surface area is 91.4 Å². The molecule has 1 atom stereocenters. The second kappa shape index (κ2) is 3.09. The molecule has 0 spiro atoms. The van der Waals surface area contributed by atoms with Gasteiger partial charge in [0, 0.05) is 11.1 Å². The smallest absolute Gasteiger partial charge is 0.0872 e. The fourth-order valence-electron chi connectivity index (χ4n) is 2.03. The van der Waals surface area contributed by atoms with E-state index in [9.17, 15) is 0 Å². The Bertz CT molecular complexity index is 392. The molecule has 0 bridgehead atoms. The van der Waals surface area contributed by atoms with Crippen molar-refractivity contribution in [2.75, 3.05) is 0 Å². The van der Waals surface area contributed by atoms with Crippen LogP contribution in [0.1, 0.15) is 33.3 Å². The third-order valence-electron chi connectivity index (χ3n) is 3.95. The van der Waals surface area contributed by atoms with Crippen molar-refractivity contribution in [3.05, 3.63) is 35.9 Å². The first-order valence-electron chi connectivity index (χ1n) is 5.36. The fourth-order valence-corrected chi connectivity index (χ4v) is 2.03. The normalized spacial score (nSPS) is 28.4. The summed E-state index contributed by atoms with van der Waals surface area (Å²) in [5, 5.41) is 4.39. The molecule has 0 saturated carbocycles. The first-order chi connectivity index (χ1) is 6.98. The highest BCUT2D eigenvalue weighted by Crippen LogP contribution is 2.43. The minimum atomic E-state index is -0.0989. The molecule has 0 saturated heterocycles. The Kier molecular flexibility index (Phi) is 2.10. The minimum Gasteiger partial charge on any atom is -0.299 e. The van der Waals surface area contributed by atoms with Crippen molar-refractivity contribution in [3.8, 4) is 0 Å². The van der Waals surface area contributed by atoms with Gasteiger partial charge in [-0.05, 0) is 19.4 Å². The molecule has 1 N–H and O–H groups in total. The van der Waals surface area contributed by atoms with Crippen LogP contribution in [0.4, 0.5) is 0 Å². The summed E-state index contributed by atoms with van der Waals surface area (Å²) in [5.41, 5.74) is 5.68. The molecule has 2 nitrogen and oxygen atoms in total. The average molecular weight is 202 g/mol. The zero-order valence-electron chi connectivity index (χ0n) is 9.83. The second-order valence-corrected chi connectivity index (χ2v) is 4.93. The summed E-state index contributed by atoms with van der Waals surface area (Å²) in [6.45, 7) is 8.77. The van der Waals surface area contributed by atoms with Crippen molar-refractivity contribution >= 4 is 5.71 Å². The highest BCUT2D eigenvalue weighted by molar-refractivity contribution is 5.90. The Morgan fingerprint density at radius 1 is 1.07 bits per heavy atom. The van der Waals surface area contributed by atoms with Crippen LogP contribution in [0, 0.1) is 5.41 Å². The van der Waals surface area contributed by atoms with Crippen molar-refractivity contribution in [2.45, 2.75) is 33.2 Å². The summed E-state index contributed by atoms with van der Waals surface area (Å²) in [5.74, 6) is 0. The molecule has 1 aromatic carbocycles. The molecule has 1 heterocycles. The van der Waals surface area contributed by atoms with Crippen molar-refractivity contribution in [1.82, 2.24) is 5.43 Å². The van der Waals surface area contributed by atoms with E-state index >= 15 is 0 Å². The van der Waals surface area contributed by atoms with Gasteiger partial charge in [0.05, 0.1) is 5.54 Å². The van der Waals surface area contributed by atoms with E-state index in [0.29, 0.717) is 0 Å². The molecule has 1 aliphatic heterocycles. The molecule has 0 fully saturated rings. The number of hydrazone groups is 1. The molecule has 0 amide bonds. The minimum absolute atomic E-state index is 0.0500. The highest BCUT2D eigenvalue weighted by atomic mass is 15.4. The van der Waals surface area contributed by atoms with Gasteiger partial charge in [-0.3, -0.25) is 5.43 Å². The van der Waals surface area contributed by atoms with Crippen LogP contribution < -0.4 is 5.43 Å². The summed E-state index contributed by atoms with van der Waals surface area (Å²) >= 11 is 0. The maximum atomic E-state index is 4.39. The van der Waals surface area contributed by atoms with Crippen molar-refractivity contribution in [2.24, 2.45) is 10.5 Å². The molecule has 2 rings (SSSR count). The molecule has 0 aromatic heterocycles. The van der Waals surface area contributed by atoms with E-state index in [0.717, 1.165) is 5.71 Å². The lowest BCUT2D eigenvalue weighted by atomic mass is 9.68. The van der Waals surface area contributed by atoms with Crippen LogP contribution >= 0.6 is 0 Å². The first kappa shape index (κ1) is 10.2. The van der Waals surface area contributed by atoms with Gasteiger partial charge in [0.1, 0.15) is 0 Å². The summed E-state index contributed by atoms with van der Waals surface area (Å²) in [6.07, 6.45) is 0. The predicted molar refractivity (Wildman–Crippen MR) is 63.8 cm³/mol. The summed E-state index contributed by atoms with van der Waals surface area (Å²) in [4.78, 5) is 0. The molecular formula is C13H18N2. The van der Waals surface area contributed by atoms with Crippen LogP contribution in [0.5, 0.6) is 0 Å². The molecule has 0 radical (unpaired) electrons. The van der Waals surface area contributed by atoms with E-state index in [1.54, 1.807) is 0 Å². The van der Waals surface area contributed by atoms with Crippen LogP contribution in [0.25, 0.3) is 0 Å². The molecule has 1 unspecified atom stereocenters. The second-order valence-electron chi connectivity index (χ2n) is 4.93. The van der Waals surface area contributed by atoms with Crippen LogP contribution in [-0.4, -0.2) is 5.71 Å². The van der Waals surface area contributed by atoms with E-state index < -0.39 is 0 Å². The van der Waals surface area contributed by atoms with E-state index in [1.165, 1.54) is 5.56 Å². The van der Waals surface area contributed by atoms with Gasteiger partial charge in [0.25, 0.3) is 0 Å². The maximum Gasteiger partial charge on any atom is 0.0872 e. The van der Waals surface area contributed by atoms with E-state index in [4.69, 9.17) is 0 Å². The number of benzene rings is 1. The predicted octanol–water partition coefficient (Wildman–Crippen LogP) is 2.91. The molecule has 80 valence electrons. The quantitative estimate of drug-likeness (QED) is 0.744. The molecular weight excluding hydrogens is 184 g/mol. The zero-order valence-corrected chi connectivity index (χ0v) is 9.83. The first-order valence-corrected chi connectivity index (χ1v) is 5.36. The third kappa shape index (κ3) is 1.28. The van der Waals surface area contributed by atoms with Crippen LogP contribution in [0.3, 0.4) is 0 Å². The van der Waals surface area contributed by atoms with E-state index in [1.807, 2.05) is 6.07 Å². The molecule has 1 aliphatic rings. The lowest BCUT2D eigenvalue weighted by Gasteiger charge is -2.38. The number of rotatable bonds is 1. The number of hydrogen-bond donors (Lipinski definition) is 1. The van der Waals surface area contributed by atoms with Gasteiger partial charge in [-0.25, -0.2) is 0 Å². The van der Waals surface area contributed by atoms with E-state index in [2.05, 4.69) is 62.5 Å². The maximum absolute atomic E-state index is 4.39. The molecule has 15 heavy (non-hydrogen) atoms. The van der Waals surface area contributed by atoms with Crippen molar-refractivity contribution in [3.63, 3.8) is 0 Å². The van der Waals surface area contributed by atoms with Gasteiger partial charge in [-0.15, -0.1) is 0 Å². The largest absolute Gasteiger partial charge is 0.299 e. The SMILES string of the molecule is CC1=NNC(C)(c2ccccc2)C1(C)C. The molecule has 2 heteroatoms. The van der Waals surface area contributed by atoms with Gasteiger partial charge < -0.3 is 0 Å². The van der Waals surface area contributed by atoms with Crippen LogP contribution in [-0.2, 0) is 5.54 Å². The van der Waals surface area contributed by atoms with Gasteiger partial charge in [0.2, 0.25) is 0 Å². The number of nitrogens with zero attached hydrogens (tertiary/aromatic N) is 1. The summed E-state index contributed by atoms with van der Waals surface area (Å²) < 4.78 is 0. The molecule has 0 aliphatic carbocycles. The third-order valence-corrected chi connectivity index (χ3v) is 3.95. The lowest BCUT2D eigenvalue weighted by Crippen LogP contribution is -2.46. The topological polar surface area (TPSA) is 24.4 Å². The van der Waals surface area contributed by atoms with Crippen molar-refractivity contribution in [1.29, 1.82) is 0 Å². The van der Waals surface area contributed by atoms with Crippen LogP contribution in [0.2, 0.25) is 0 Å². The van der Waals surface area contributed by atoms with Crippen LogP contribution in [0.15, 0.2) is 35.4 Å². The monoisotopic (exact) mass is 202 g/mol. The average Bonchev–Trinajstić information content (AvgIpc) is 2.45. The van der Waals surface area contributed by atoms with Gasteiger partial charge >= 0.3 is 0 Å². The Balaban J connectivity index is 2.47. The summed E-state index contributed by atoms with van der Waals surface area (Å²) in [7, 11) is 0. The fraction of sp³-hybridized carbons (Fsp3) is 0.462. The Hall–Kier alpha value is -1.31. The van der Waals surface area contributed by atoms with Gasteiger partial charge in [-0.2, -0.15) is 5.10 Å². The van der Waals surface area contributed by atoms with Gasteiger partial charge in [-0.1, -0.05) is 44.2 Å². The van der Waals surface area contributed by atoms with E-state index in [-0.39, 0.29) is 11.0 Å². The highest BCUT2D eigenvalue weighted by Gasteiger charge is 2.48.